The van der Waals surface area contributed by atoms with Gasteiger partial charge in [-0.2, -0.15) is 0 Å². The summed E-state index contributed by atoms with van der Waals surface area (Å²) in [6.45, 7) is 0.220. The van der Waals surface area contributed by atoms with Gasteiger partial charge in [0, 0.05) is 7.11 Å². The lowest BCUT2D eigenvalue weighted by atomic mass is 10.0. The van der Waals surface area contributed by atoms with E-state index in [4.69, 9.17) is 14.2 Å². The van der Waals surface area contributed by atoms with Gasteiger partial charge in [-0.3, -0.25) is 0 Å². The molecule has 1 atom stereocenters. The second-order valence-corrected chi connectivity index (χ2v) is 4.99. The topological polar surface area (TPSA) is 47.9 Å². The second kappa shape index (κ2) is 8.41. The fourth-order valence-electron chi connectivity index (χ4n) is 2.26. The van der Waals surface area contributed by atoms with E-state index in [0.29, 0.717) is 6.42 Å². The lowest BCUT2D eigenvalue weighted by Crippen LogP contribution is -2.04. The third kappa shape index (κ3) is 4.48. The van der Waals surface area contributed by atoms with Crippen LogP contribution in [0.5, 0.6) is 11.5 Å². The molecule has 2 rings (SSSR count). The minimum Gasteiger partial charge on any atom is -0.497 e. The van der Waals surface area contributed by atoms with Crippen molar-refractivity contribution in [1.29, 1.82) is 0 Å². The van der Waals surface area contributed by atoms with E-state index >= 15 is 0 Å². The normalized spacial score (nSPS) is 12.0. The number of ether oxygens (including phenoxy) is 3. The summed E-state index contributed by atoms with van der Waals surface area (Å²) in [5.74, 6) is 1.58. The van der Waals surface area contributed by atoms with Gasteiger partial charge in [-0.05, 0) is 42.2 Å². The van der Waals surface area contributed by atoms with Gasteiger partial charge in [-0.1, -0.05) is 30.3 Å². The van der Waals surface area contributed by atoms with Crippen molar-refractivity contribution in [3.8, 4) is 11.5 Å². The van der Waals surface area contributed by atoms with Crippen LogP contribution in [-0.2, 0) is 11.2 Å². The fourth-order valence-corrected chi connectivity index (χ4v) is 2.26. The zero-order chi connectivity index (χ0) is 15.8. The molecular formula is C18H22O4. The first-order valence-electron chi connectivity index (χ1n) is 7.26. The van der Waals surface area contributed by atoms with E-state index in [1.165, 1.54) is 0 Å². The highest BCUT2D eigenvalue weighted by molar-refractivity contribution is 5.34. The molecular weight excluding hydrogens is 280 g/mol. The largest absolute Gasteiger partial charge is 0.497 e. The number of rotatable bonds is 8. The van der Waals surface area contributed by atoms with Crippen molar-refractivity contribution >= 4 is 0 Å². The number of para-hydroxylation sites is 1. The first-order valence-corrected chi connectivity index (χ1v) is 7.26. The molecule has 22 heavy (non-hydrogen) atoms. The van der Waals surface area contributed by atoms with Crippen molar-refractivity contribution in [1.82, 2.24) is 0 Å². The van der Waals surface area contributed by atoms with Gasteiger partial charge in [-0.15, -0.1) is 0 Å². The summed E-state index contributed by atoms with van der Waals surface area (Å²) in [4.78, 5) is 0. The molecule has 2 aromatic rings. The monoisotopic (exact) mass is 302 g/mol. The standard InChI is InChI=1S/C18H22O4/c1-20-13-22-18-6-4-3-5-15(18)9-12-17(19)14-7-10-16(21-2)11-8-14/h3-8,10-11,17,19H,9,12-13H2,1-2H3. The highest BCUT2D eigenvalue weighted by Gasteiger charge is 2.10. The first-order chi connectivity index (χ1) is 10.7. The number of aliphatic hydroxyl groups is 1. The molecule has 4 heteroatoms. The van der Waals surface area contributed by atoms with Crippen LogP contribution in [0.15, 0.2) is 48.5 Å². The second-order valence-electron chi connectivity index (χ2n) is 4.99. The van der Waals surface area contributed by atoms with Crippen LogP contribution in [0.2, 0.25) is 0 Å². The molecule has 0 fully saturated rings. The van der Waals surface area contributed by atoms with Gasteiger partial charge >= 0.3 is 0 Å². The Morgan fingerprint density at radius 1 is 1.00 bits per heavy atom. The number of benzene rings is 2. The van der Waals surface area contributed by atoms with Gasteiger partial charge in [0.15, 0.2) is 6.79 Å². The van der Waals surface area contributed by atoms with Crippen LogP contribution in [0.25, 0.3) is 0 Å². The van der Waals surface area contributed by atoms with Crippen LogP contribution in [0.1, 0.15) is 23.7 Å². The number of hydrogen-bond acceptors (Lipinski definition) is 4. The average Bonchev–Trinajstić information content (AvgIpc) is 2.58. The maximum Gasteiger partial charge on any atom is 0.188 e. The molecule has 0 aliphatic rings. The molecule has 0 saturated heterocycles. The predicted octanol–water partition coefficient (Wildman–Crippen LogP) is 3.34. The fraction of sp³-hybridized carbons (Fsp3) is 0.333. The maximum atomic E-state index is 10.3. The predicted molar refractivity (Wildman–Crippen MR) is 85.2 cm³/mol. The minimum atomic E-state index is -0.513. The van der Waals surface area contributed by atoms with Gasteiger partial charge < -0.3 is 19.3 Å². The van der Waals surface area contributed by atoms with Crippen LogP contribution in [0.3, 0.4) is 0 Å². The van der Waals surface area contributed by atoms with Crippen LogP contribution in [0.4, 0.5) is 0 Å². The van der Waals surface area contributed by atoms with E-state index in [1.807, 2.05) is 48.5 Å². The average molecular weight is 302 g/mol. The highest BCUT2D eigenvalue weighted by Crippen LogP contribution is 2.25. The molecule has 2 aromatic carbocycles. The van der Waals surface area contributed by atoms with E-state index in [0.717, 1.165) is 29.0 Å². The molecule has 0 aromatic heterocycles. The van der Waals surface area contributed by atoms with Gasteiger partial charge in [-0.25, -0.2) is 0 Å². The summed E-state index contributed by atoms with van der Waals surface area (Å²) in [6.07, 6.45) is 0.841. The Kier molecular flexibility index (Phi) is 6.25. The lowest BCUT2D eigenvalue weighted by molar-refractivity contribution is 0.0502. The Bertz CT molecular complexity index is 566. The quantitative estimate of drug-likeness (QED) is 0.760. The van der Waals surface area contributed by atoms with Crippen molar-refractivity contribution in [2.45, 2.75) is 18.9 Å². The van der Waals surface area contributed by atoms with E-state index in [9.17, 15) is 5.11 Å². The zero-order valence-corrected chi connectivity index (χ0v) is 13.0. The molecule has 0 aliphatic heterocycles. The molecule has 118 valence electrons. The van der Waals surface area contributed by atoms with E-state index in [1.54, 1.807) is 14.2 Å². The van der Waals surface area contributed by atoms with Gasteiger partial charge in [0.25, 0.3) is 0 Å². The van der Waals surface area contributed by atoms with E-state index in [2.05, 4.69) is 0 Å². The van der Waals surface area contributed by atoms with Crippen molar-refractivity contribution in [3.63, 3.8) is 0 Å². The molecule has 0 heterocycles. The molecule has 1 N–H and O–H groups in total. The van der Waals surface area contributed by atoms with Crippen molar-refractivity contribution in [2.75, 3.05) is 21.0 Å². The van der Waals surface area contributed by atoms with Crippen molar-refractivity contribution in [3.05, 3.63) is 59.7 Å². The Balaban J connectivity index is 1.96. The Morgan fingerprint density at radius 2 is 1.73 bits per heavy atom. The maximum absolute atomic E-state index is 10.3. The smallest absolute Gasteiger partial charge is 0.188 e. The first kappa shape index (κ1) is 16.3. The zero-order valence-electron chi connectivity index (χ0n) is 13.0. The molecule has 0 saturated carbocycles. The molecule has 0 spiro atoms. The molecule has 0 radical (unpaired) electrons. The molecule has 0 amide bonds. The summed E-state index contributed by atoms with van der Waals surface area (Å²) in [7, 11) is 3.22. The van der Waals surface area contributed by atoms with Gasteiger partial charge in [0.05, 0.1) is 13.2 Å². The van der Waals surface area contributed by atoms with E-state index < -0.39 is 6.10 Å². The lowest BCUT2D eigenvalue weighted by Gasteiger charge is -2.14. The van der Waals surface area contributed by atoms with E-state index in [-0.39, 0.29) is 6.79 Å². The number of methoxy groups -OCH3 is 2. The molecule has 0 aliphatic carbocycles. The third-order valence-electron chi connectivity index (χ3n) is 3.49. The summed E-state index contributed by atoms with van der Waals surface area (Å²) in [5.41, 5.74) is 1.95. The van der Waals surface area contributed by atoms with Gasteiger partial charge in [0.1, 0.15) is 11.5 Å². The summed E-state index contributed by atoms with van der Waals surface area (Å²) in [6, 6.07) is 15.3. The van der Waals surface area contributed by atoms with Crippen LogP contribution < -0.4 is 9.47 Å². The minimum absolute atomic E-state index is 0.220. The van der Waals surface area contributed by atoms with Crippen molar-refractivity contribution < 1.29 is 19.3 Å². The summed E-state index contributed by atoms with van der Waals surface area (Å²) in [5, 5.41) is 10.3. The Labute approximate surface area is 131 Å². The Morgan fingerprint density at radius 3 is 2.41 bits per heavy atom. The number of aryl methyl sites for hydroxylation is 1. The van der Waals surface area contributed by atoms with Crippen LogP contribution >= 0.6 is 0 Å². The number of hydrogen-bond donors (Lipinski definition) is 1. The highest BCUT2D eigenvalue weighted by atomic mass is 16.7. The number of aliphatic hydroxyl groups excluding tert-OH is 1. The van der Waals surface area contributed by atoms with Gasteiger partial charge in [0.2, 0.25) is 0 Å². The van der Waals surface area contributed by atoms with Crippen molar-refractivity contribution in [2.24, 2.45) is 0 Å². The SMILES string of the molecule is COCOc1ccccc1CCC(O)c1ccc(OC)cc1. The van der Waals surface area contributed by atoms with Crippen LogP contribution in [0, 0.1) is 0 Å². The van der Waals surface area contributed by atoms with Crippen LogP contribution in [-0.4, -0.2) is 26.1 Å². The third-order valence-corrected chi connectivity index (χ3v) is 3.49. The molecule has 1 unspecified atom stereocenters. The summed E-state index contributed by atoms with van der Waals surface area (Å²) >= 11 is 0. The molecule has 4 nitrogen and oxygen atoms in total. The summed E-state index contributed by atoms with van der Waals surface area (Å²) < 4.78 is 15.6. The molecule has 0 bridgehead atoms. The Hall–Kier alpha value is -2.04.